The number of carbonyl (C=O) groups excluding carboxylic acids is 3. The van der Waals surface area contributed by atoms with Crippen LogP contribution in [0.15, 0.2) is 54.6 Å². The van der Waals surface area contributed by atoms with Gasteiger partial charge in [0.05, 0.1) is 44.6 Å². The third-order valence-corrected chi connectivity index (χ3v) is 14.9. The number of imide groups is 1. The molecular weight excluding hydrogens is 825 g/mol. The number of rotatable bonds is 8. The van der Waals surface area contributed by atoms with Crippen molar-refractivity contribution >= 4 is 40.0 Å². The maximum atomic E-state index is 14.1. The van der Waals surface area contributed by atoms with Crippen LogP contribution in [-0.2, 0) is 32.0 Å². The first kappa shape index (κ1) is 41.4. The molecule has 0 saturated carbocycles. The van der Waals surface area contributed by atoms with Crippen molar-refractivity contribution in [3.05, 3.63) is 82.5 Å². The molecule has 1 unspecified atom stereocenters. The lowest BCUT2D eigenvalue weighted by Gasteiger charge is -2.48. The number of amides is 3. The molecule has 1 aromatic heterocycles. The fraction of sp³-hybridized carbons (Fsp3) is 0.521. The van der Waals surface area contributed by atoms with Crippen molar-refractivity contribution in [2.75, 3.05) is 82.5 Å². The van der Waals surface area contributed by atoms with Gasteiger partial charge in [-0.25, -0.2) is 8.78 Å². The van der Waals surface area contributed by atoms with E-state index in [2.05, 4.69) is 55.3 Å². The number of ether oxygens (including phenoxy) is 4. The Morgan fingerprint density at radius 2 is 1.77 bits per heavy atom. The van der Waals surface area contributed by atoms with E-state index in [4.69, 9.17) is 18.9 Å². The summed E-state index contributed by atoms with van der Waals surface area (Å²) < 4.78 is 53.7. The number of benzene rings is 3. The first-order valence-electron chi connectivity index (χ1n) is 22.8. The average Bonchev–Trinajstić information content (AvgIpc) is 3.82. The lowest BCUT2D eigenvalue weighted by Crippen LogP contribution is -2.59. The minimum atomic E-state index is -2.47. The van der Waals surface area contributed by atoms with Gasteiger partial charge in [-0.2, -0.15) is 0 Å². The highest BCUT2D eigenvalue weighted by atomic mass is 19.3. The van der Waals surface area contributed by atoms with E-state index in [1.54, 1.807) is 12.0 Å². The van der Waals surface area contributed by atoms with E-state index in [-0.39, 0.29) is 42.8 Å². The molecule has 0 radical (unpaired) electrons. The monoisotopic (exact) mass is 879 g/mol. The Morgan fingerprint density at radius 1 is 0.953 bits per heavy atom. The van der Waals surface area contributed by atoms with Crippen LogP contribution in [0.2, 0.25) is 0 Å². The fourth-order valence-electron chi connectivity index (χ4n) is 11.6. The Bertz CT molecular complexity index is 2480. The molecule has 4 fully saturated rings. The molecule has 4 aromatic rings. The second kappa shape index (κ2) is 16.3. The van der Waals surface area contributed by atoms with Crippen molar-refractivity contribution in [1.82, 2.24) is 25.0 Å². The standard InChI is InChI=1S/C48H55F2N7O7/c1-28-17-36-33-5-3-4-6-37(33)51-44(36)45(56(28)24-42(49)50)34-8-7-31(19-40(34)61-2)54-13-11-48(12-14-54)63-25-29(26-64-48)21-53-15-16-55-32(23-53)27-62-41-20-35-30(18-39(41)55)22-57(47(35)60)38-9-10-43(58)52-46(38)59/h3-8,18-20,28-29,32,38,42,45,51H,9-17,21-27H2,1-2H3,(H,52,58,59)/t28-,32-,38?,45-/m1/s1. The summed E-state index contributed by atoms with van der Waals surface area (Å²) in [5, 5.41) is 3.52. The number of halogens is 2. The van der Waals surface area contributed by atoms with E-state index < -0.39 is 30.2 Å². The number of H-pyrrole nitrogens is 1. The van der Waals surface area contributed by atoms with Gasteiger partial charge < -0.3 is 38.6 Å². The number of aromatic amines is 1. The average molecular weight is 880 g/mol. The zero-order valence-corrected chi connectivity index (χ0v) is 36.3. The highest BCUT2D eigenvalue weighted by Gasteiger charge is 2.45. The summed E-state index contributed by atoms with van der Waals surface area (Å²) >= 11 is 0. The van der Waals surface area contributed by atoms with Gasteiger partial charge in [0.25, 0.3) is 12.3 Å². The molecule has 11 rings (SSSR count). The summed E-state index contributed by atoms with van der Waals surface area (Å²) in [6.45, 7) is 8.69. The smallest absolute Gasteiger partial charge is 0.255 e. The quantitative estimate of drug-likeness (QED) is 0.230. The van der Waals surface area contributed by atoms with Crippen LogP contribution in [-0.4, -0.2) is 140 Å². The molecule has 1 spiro atoms. The number of hydrogen-bond donors (Lipinski definition) is 2. The van der Waals surface area contributed by atoms with Crippen molar-refractivity contribution < 1.29 is 42.1 Å². The van der Waals surface area contributed by atoms with Gasteiger partial charge in [-0.3, -0.25) is 29.5 Å². The normalized spacial score (nSPS) is 26.2. The Hall–Kier alpha value is -5.29. The minimum absolute atomic E-state index is 0.0844. The van der Waals surface area contributed by atoms with Crippen LogP contribution < -0.4 is 24.6 Å². The first-order valence-corrected chi connectivity index (χ1v) is 22.8. The predicted octanol–water partition coefficient (Wildman–Crippen LogP) is 5.08. The number of carbonyl (C=O) groups is 3. The Morgan fingerprint density at radius 3 is 2.55 bits per heavy atom. The molecule has 4 saturated heterocycles. The zero-order chi connectivity index (χ0) is 43.9. The number of aromatic nitrogens is 1. The third kappa shape index (κ3) is 7.26. The third-order valence-electron chi connectivity index (χ3n) is 14.9. The van der Waals surface area contributed by atoms with Gasteiger partial charge in [0.2, 0.25) is 11.8 Å². The van der Waals surface area contributed by atoms with E-state index in [1.807, 2.05) is 36.1 Å². The van der Waals surface area contributed by atoms with Crippen molar-refractivity contribution in [3.63, 3.8) is 0 Å². The highest BCUT2D eigenvalue weighted by Crippen LogP contribution is 2.46. The summed E-state index contributed by atoms with van der Waals surface area (Å²) in [5.41, 5.74) is 7.46. The van der Waals surface area contributed by atoms with Gasteiger partial charge in [-0.1, -0.05) is 24.3 Å². The van der Waals surface area contributed by atoms with Gasteiger partial charge in [0, 0.05) is 117 Å². The van der Waals surface area contributed by atoms with Crippen molar-refractivity contribution in [3.8, 4) is 11.5 Å². The molecule has 7 aliphatic rings. The summed E-state index contributed by atoms with van der Waals surface area (Å²) in [4.78, 5) is 52.0. The number of alkyl halides is 2. The van der Waals surface area contributed by atoms with Crippen LogP contribution in [0.5, 0.6) is 11.5 Å². The summed E-state index contributed by atoms with van der Waals surface area (Å²) in [7, 11) is 1.65. The maximum Gasteiger partial charge on any atom is 0.255 e. The van der Waals surface area contributed by atoms with Crippen LogP contribution >= 0.6 is 0 Å². The molecule has 0 bridgehead atoms. The predicted molar refractivity (Wildman–Crippen MR) is 234 cm³/mol. The number of piperazine rings is 1. The first-order chi connectivity index (χ1) is 31.0. The Balaban J connectivity index is 0.700. The number of para-hydroxylation sites is 1. The van der Waals surface area contributed by atoms with Crippen LogP contribution in [0.4, 0.5) is 20.2 Å². The molecular formula is C48H55F2N7O7. The summed E-state index contributed by atoms with van der Waals surface area (Å²) in [6, 6.07) is 17.3. The van der Waals surface area contributed by atoms with Crippen LogP contribution in [0.1, 0.15) is 71.4 Å². The van der Waals surface area contributed by atoms with Gasteiger partial charge in [0.15, 0.2) is 5.79 Å². The van der Waals surface area contributed by atoms with Gasteiger partial charge in [-0.05, 0) is 55.2 Å². The number of piperidine rings is 2. The van der Waals surface area contributed by atoms with Gasteiger partial charge >= 0.3 is 0 Å². The van der Waals surface area contributed by atoms with E-state index >= 15 is 0 Å². The number of anilines is 2. The van der Waals surface area contributed by atoms with Crippen LogP contribution in [0.25, 0.3) is 10.9 Å². The van der Waals surface area contributed by atoms with E-state index in [1.165, 1.54) is 5.56 Å². The molecule has 3 amide bonds. The largest absolute Gasteiger partial charge is 0.496 e. The number of hydrogen-bond acceptors (Lipinski definition) is 11. The number of nitrogens with zero attached hydrogens (tertiary/aromatic N) is 5. The Kier molecular flexibility index (Phi) is 10.5. The molecule has 0 aliphatic carbocycles. The number of fused-ring (bicyclic) bond motifs is 7. The van der Waals surface area contributed by atoms with Crippen LogP contribution in [0, 0.1) is 5.92 Å². The summed E-state index contributed by atoms with van der Waals surface area (Å²) in [5.74, 6) is 0.0832. The molecule has 338 valence electrons. The maximum absolute atomic E-state index is 14.1. The summed E-state index contributed by atoms with van der Waals surface area (Å²) in [6.07, 6.45) is 0.227. The lowest BCUT2D eigenvalue weighted by atomic mass is 9.88. The minimum Gasteiger partial charge on any atom is -0.496 e. The van der Waals surface area contributed by atoms with Crippen molar-refractivity contribution in [1.29, 1.82) is 0 Å². The zero-order valence-electron chi connectivity index (χ0n) is 36.3. The lowest BCUT2D eigenvalue weighted by molar-refractivity contribution is -0.291. The second-order valence-electron chi connectivity index (χ2n) is 18.7. The van der Waals surface area contributed by atoms with E-state index in [0.29, 0.717) is 56.3 Å². The molecule has 16 heteroatoms. The molecule has 64 heavy (non-hydrogen) atoms. The molecule has 3 aromatic carbocycles. The van der Waals surface area contributed by atoms with Crippen molar-refractivity contribution in [2.24, 2.45) is 5.92 Å². The van der Waals surface area contributed by atoms with Crippen molar-refractivity contribution in [2.45, 2.75) is 82.0 Å². The topological polar surface area (TPSA) is 132 Å². The highest BCUT2D eigenvalue weighted by molar-refractivity contribution is 6.06. The molecule has 14 nitrogen and oxygen atoms in total. The van der Waals surface area contributed by atoms with Gasteiger partial charge in [0.1, 0.15) is 24.1 Å². The fourth-order valence-corrected chi connectivity index (χ4v) is 11.6. The number of nitrogens with one attached hydrogen (secondary N) is 2. The second-order valence-corrected chi connectivity index (χ2v) is 18.7. The van der Waals surface area contributed by atoms with E-state index in [9.17, 15) is 23.2 Å². The van der Waals surface area contributed by atoms with E-state index in [0.717, 1.165) is 91.2 Å². The SMILES string of the molecule is COc1cc(N2CCC3(CC2)OCC(CN2CCN4c5cc6c(cc5OC[C@H]4C2)C(=O)N(C2CCC(=O)NC2=O)C6)CO3)ccc1[C@@H]1c2[nH]c3ccccc3c2C[C@@H](C)N1CC(F)F. The Labute approximate surface area is 370 Å². The molecule has 4 atom stereocenters. The van der Waals surface area contributed by atoms with Gasteiger partial charge in [-0.15, -0.1) is 0 Å². The molecule has 7 aliphatic heterocycles. The number of methoxy groups -OCH3 is 1. The molecule has 2 N–H and O–H groups in total. The van der Waals surface area contributed by atoms with Crippen LogP contribution in [0.3, 0.4) is 0 Å². The molecule has 8 heterocycles.